The SMILES string of the molecule is NC(=O)NC1=C2CCCC[N+]2(CCN2CCN(c3cccc(Cl)c3Cl)CC2)N=C1. The Morgan fingerprint density at radius 3 is 2.76 bits per heavy atom. The number of benzene rings is 1. The number of nitrogens with two attached hydrogens (primary N) is 1. The molecule has 0 aliphatic carbocycles. The molecule has 7 nitrogen and oxygen atoms in total. The van der Waals surface area contributed by atoms with Gasteiger partial charge >= 0.3 is 6.03 Å². The lowest BCUT2D eigenvalue weighted by Crippen LogP contribution is -2.52. The number of nitrogens with zero attached hydrogens (tertiary/aromatic N) is 4. The summed E-state index contributed by atoms with van der Waals surface area (Å²) < 4.78 is 0.607. The van der Waals surface area contributed by atoms with Crippen LogP contribution in [0.25, 0.3) is 0 Å². The van der Waals surface area contributed by atoms with Crippen LogP contribution in [-0.4, -0.2) is 67.6 Å². The third-order valence-corrected chi connectivity index (χ3v) is 6.91. The van der Waals surface area contributed by atoms with Crippen molar-refractivity contribution in [1.82, 2.24) is 10.2 Å². The molecule has 2 saturated heterocycles. The van der Waals surface area contributed by atoms with Crippen molar-refractivity contribution in [2.75, 3.05) is 50.7 Å². The van der Waals surface area contributed by atoms with E-state index in [1.54, 1.807) is 6.21 Å². The van der Waals surface area contributed by atoms with Gasteiger partial charge in [0.25, 0.3) is 0 Å². The van der Waals surface area contributed by atoms with Gasteiger partial charge in [-0.2, -0.15) is 4.59 Å². The van der Waals surface area contributed by atoms with Crippen LogP contribution >= 0.6 is 23.2 Å². The van der Waals surface area contributed by atoms with Gasteiger partial charge < -0.3 is 16.0 Å². The van der Waals surface area contributed by atoms with Gasteiger partial charge in [-0.25, -0.2) is 4.79 Å². The maximum absolute atomic E-state index is 11.3. The number of amides is 2. The minimum Gasteiger partial charge on any atom is -0.368 e. The zero-order valence-electron chi connectivity index (χ0n) is 16.4. The number of rotatable bonds is 5. The molecule has 0 bridgehead atoms. The number of anilines is 1. The van der Waals surface area contributed by atoms with E-state index in [9.17, 15) is 4.79 Å². The fraction of sp³-hybridized carbons (Fsp3) is 0.500. The second-order valence-electron chi connectivity index (χ2n) is 7.82. The minimum absolute atomic E-state index is 0.527. The van der Waals surface area contributed by atoms with Gasteiger partial charge in [-0.05, 0) is 25.0 Å². The highest BCUT2D eigenvalue weighted by Gasteiger charge is 2.42. The molecule has 2 fully saturated rings. The van der Waals surface area contributed by atoms with Crippen molar-refractivity contribution in [2.45, 2.75) is 19.3 Å². The second-order valence-corrected chi connectivity index (χ2v) is 8.61. The summed E-state index contributed by atoms with van der Waals surface area (Å²) >= 11 is 12.6. The van der Waals surface area contributed by atoms with Crippen LogP contribution in [0.4, 0.5) is 10.5 Å². The number of piperidine rings is 1. The van der Waals surface area contributed by atoms with Crippen LogP contribution in [0.3, 0.4) is 0 Å². The standard InChI is InChI=1S/C20H26Cl2N6O/c21-15-4-3-5-17(19(15)22)27-9-7-26(8-10-27)11-13-28-12-2-1-6-18(28)16(14-24-28)25-20(23)29/h3-5,14H,1-2,6-13H2,(H2-,23,25,29)/p+1. The Morgan fingerprint density at radius 1 is 1.21 bits per heavy atom. The summed E-state index contributed by atoms with van der Waals surface area (Å²) in [6.45, 7) is 6.63. The maximum Gasteiger partial charge on any atom is 0.316 e. The van der Waals surface area contributed by atoms with Gasteiger partial charge in [-0.3, -0.25) is 4.90 Å². The molecule has 2 amide bonds. The number of allylic oxidation sites excluding steroid dienone is 2. The first-order valence-corrected chi connectivity index (χ1v) is 10.9. The van der Waals surface area contributed by atoms with Crippen LogP contribution in [0.5, 0.6) is 0 Å². The predicted molar refractivity (Wildman–Crippen MR) is 117 cm³/mol. The third-order valence-electron chi connectivity index (χ3n) is 6.10. The van der Waals surface area contributed by atoms with Crippen molar-refractivity contribution in [2.24, 2.45) is 10.8 Å². The summed E-state index contributed by atoms with van der Waals surface area (Å²) in [4.78, 5) is 16.1. The number of carbonyl (C=O) groups is 1. The van der Waals surface area contributed by atoms with E-state index < -0.39 is 6.03 Å². The van der Waals surface area contributed by atoms with E-state index in [0.29, 0.717) is 14.6 Å². The largest absolute Gasteiger partial charge is 0.368 e. The van der Waals surface area contributed by atoms with Crippen molar-refractivity contribution in [3.8, 4) is 0 Å². The van der Waals surface area contributed by atoms with E-state index in [-0.39, 0.29) is 0 Å². The van der Waals surface area contributed by atoms with Gasteiger partial charge in [0.1, 0.15) is 25.0 Å². The fourth-order valence-electron chi connectivity index (χ4n) is 4.54. The van der Waals surface area contributed by atoms with Gasteiger partial charge in [0, 0.05) is 32.6 Å². The zero-order valence-corrected chi connectivity index (χ0v) is 17.9. The second kappa shape index (κ2) is 8.52. The van der Waals surface area contributed by atoms with Crippen LogP contribution in [0.15, 0.2) is 34.7 Å². The Balaban J connectivity index is 1.37. The molecular weight excluding hydrogens is 411 g/mol. The quantitative estimate of drug-likeness (QED) is 0.695. The number of urea groups is 1. The molecule has 1 unspecified atom stereocenters. The van der Waals surface area contributed by atoms with E-state index in [4.69, 9.17) is 34.0 Å². The van der Waals surface area contributed by atoms with Crippen molar-refractivity contribution in [3.05, 3.63) is 39.6 Å². The molecule has 0 spiro atoms. The number of fused-ring (bicyclic) bond motifs is 1. The molecule has 1 aromatic rings. The summed E-state index contributed by atoms with van der Waals surface area (Å²) in [7, 11) is 0. The number of hydrogen-bond acceptors (Lipinski definition) is 4. The Bertz CT molecular complexity index is 849. The number of halogens is 2. The number of carbonyl (C=O) groups excluding carboxylic acids is 1. The van der Waals surface area contributed by atoms with E-state index in [2.05, 4.69) is 15.1 Å². The maximum atomic E-state index is 11.3. The van der Waals surface area contributed by atoms with Gasteiger partial charge in [-0.15, -0.1) is 0 Å². The number of hydrogen-bond donors (Lipinski definition) is 2. The van der Waals surface area contributed by atoms with Gasteiger partial charge in [0.05, 0.1) is 22.3 Å². The first kappa shape index (κ1) is 20.5. The summed E-state index contributed by atoms with van der Waals surface area (Å²) in [5.74, 6) is 0. The van der Waals surface area contributed by atoms with Gasteiger partial charge in [-0.1, -0.05) is 34.4 Å². The van der Waals surface area contributed by atoms with Gasteiger partial charge in [0.2, 0.25) is 0 Å². The molecule has 4 rings (SSSR count). The topological polar surface area (TPSA) is 74.0 Å². The summed E-state index contributed by atoms with van der Waals surface area (Å²) in [6.07, 6.45) is 5.01. The van der Waals surface area contributed by atoms with Crippen LogP contribution in [0.1, 0.15) is 19.3 Å². The van der Waals surface area contributed by atoms with E-state index in [0.717, 1.165) is 76.5 Å². The number of quaternary nitrogens is 1. The van der Waals surface area contributed by atoms with Crippen LogP contribution < -0.4 is 16.0 Å². The average molecular weight is 438 g/mol. The highest BCUT2D eigenvalue weighted by atomic mass is 35.5. The molecular formula is C20H27Cl2N6O+. The molecule has 0 saturated carbocycles. The molecule has 3 N–H and O–H groups in total. The number of nitrogens with one attached hydrogen (secondary N) is 1. The molecule has 3 aliphatic heterocycles. The Labute approximate surface area is 181 Å². The fourth-order valence-corrected chi connectivity index (χ4v) is 4.95. The Hall–Kier alpha value is -1.80. The Kier molecular flexibility index (Phi) is 6.01. The average Bonchev–Trinajstić information content (AvgIpc) is 3.07. The first-order chi connectivity index (χ1) is 14.0. The molecule has 1 aromatic carbocycles. The van der Waals surface area contributed by atoms with Crippen molar-refractivity contribution in [3.63, 3.8) is 0 Å². The molecule has 3 aliphatic rings. The van der Waals surface area contributed by atoms with Crippen molar-refractivity contribution in [1.29, 1.82) is 0 Å². The van der Waals surface area contributed by atoms with Crippen LogP contribution in [0.2, 0.25) is 10.0 Å². The molecule has 0 radical (unpaired) electrons. The highest BCUT2D eigenvalue weighted by Crippen LogP contribution is 2.35. The summed E-state index contributed by atoms with van der Waals surface area (Å²) in [5, 5.41) is 8.76. The van der Waals surface area contributed by atoms with Crippen LogP contribution in [-0.2, 0) is 0 Å². The smallest absolute Gasteiger partial charge is 0.316 e. The van der Waals surface area contributed by atoms with Gasteiger partial charge in [0.15, 0.2) is 5.70 Å². The predicted octanol–water partition coefficient (Wildman–Crippen LogP) is 3.00. The summed E-state index contributed by atoms with van der Waals surface area (Å²) in [5.41, 5.74) is 8.32. The summed E-state index contributed by atoms with van der Waals surface area (Å²) in [6, 6.07) is 5.26. The zero-order chi connectivity index (χ0) is 20.4. The first-order valence-electron chi connectivity index (χ1n) is 10.1. The van der Waals surface area contributed by atoms with Crippen molar-refractivity contribution >= 4 is 41.1 Å². The molecule has 9 heteroatoms. The molecule has 29 heavy (non-hydrogen) atoms. The third kappa shape index (κ3) is 4.23. The Morgan fingerprint density at radius 2 is 2.00 bits per heavy atom. The van der Waals surface area contributed by atoms with E-state index in [1.807, 2.05) is 18.2 Å². The molecule has 156 valence electrons. The highest BCUT2D eigenvalue weighted by molar-refractivity contribution is 6.43. The van der Waals surface area contributed by atoms with Crippen LogP contribution in [0, 0.1) is 0 Å². The lowest BCUT2D eigenvalue weighted by atomic mass is 10.0. The monoisotopic (exact) mass is 437 g/mol. The van der Waals surface area contributed by atoms with E-state index in [1.165, 1.54) is 5.70 Å². The molecule has 1 atom stereocenters. The lowest BCUT2D eigenvalue weighted by Gasteiger charge is -2.39. The molecule has 3 heterocycles. The number of piperazine rings is 1. The normalized spacial score (nSPS) is 24.7. The minimum atomic E-state index is -0.527. The van der Waals surface area contributed by atoms with E-state index >= 15 is 0 Å². The molecule has 0 aromatic heterocycles. The van der Waals surface area contributed by atoms with Crippen molar-refractivity contribution < 1.29 is 9.39 Å². The number of primary amides is 1. The lowest BCUT2D eigenvalue weighted by molar-refractivity contribution is -0.901.